The van der Waals surface area contributed by atoms with Crippen LogP contribution in [0.5, 0.6) is 11.5 Å². The van der Waals surface area contributed by atoms with Crippen LogP contribution in [-0.2, 0) is 6.54 Å². The number of ether oxygens (including phenoxy) is 2. The van der Waals surface area contributed by atoms with Gasteiger partial charge >= 0.3 is 0 Å². The van der Waals surface area contributed by atoms with Crippen molar-refractivity contribution in [2.24, 2.45) is 0 Å². The molecule has 0 N–H and O–H groups in total. The lowest BCUT2D eigenvalue weighted by atomic mass is 10.2. The third kappa shape index (κ3) is 5.70. The van der Waals surface area contributed by atoms with Crippen LogP contribution >= 0.6 is 11.6 Å². The van der Waals surface area contributed by atoms with E-state index in [1.807, 2.05) is 12.1 Å². The lowest BCUT2D eigenvalue weighted by Gasteiger charge is -2.17. The number of alkyl halides is 1. The molecule has 19 heavy (non-hydrogen) atoms. The highest BCUT2D eigenvalue weighted by atomic mass is 35.5. The van der Waals surface area contributed by atoms with Gasteiger partial charge < -0.3 is 14.4 Å². The molecule has 0 aliphatic carbocycles. The Kier molecular flexibility index (Phi) is 7.68. The second-order valence-electron chi connectivity index (χ2n) is 4.68. The van der Waals surface area contributed by atoms with Crippen molar-refractivity contribution in [2.75, 3.05) is 33.7 Å². The van der Waals surface area contributed by atoms with Crippen LogP contribution in [0.3, 0.4) is 0 Å². The monoisotopic (exact) mass is 285 g/mol. The predicted molar refractivity (Wildman–Crippen MR) is 80.5 cm³/mol. The molecular weight excluding hydrogens is 262 g/mol. The zero-order valence-electron chi connectivity index (χ0n) is 12.1. The molecule has 0 unspecified atom stereocenters. The summed E-state index contributed by atoms with van der Waals surface area (Å²) in [7, 11) is 5.45. The fourth-order valence-corrected chi connectivity index (χ4v) is 2.21. The molecule has 0 heterocycles. The van der Waals surface area contributed by atoms with Gasteiger partial charge in [0.1, 0.15) is 0 Å². The highest BCUT2D eigenvalue weighted by Crippen LogP contribution is 2.27. The molecule has 0 aliphatic heterocycles. The van der Waals surface area contributed by atoms with Crippen molar-refractivity contribution >= 4 is 11.6 Å². The zero-order valence-corrected chi connectivity index (χ0v) is 12.9. The first-order valence-corrected chi connectivity index (χ1v) is 7.20. The van der Waals surface area contributed by atoms with E-state index in [1.165, 1.54) is 18.4 Å². The zero-order chi connectivity index (χ0) is 14.1. The van der Waals surface area contributed by atoms with Crippen LogP contribution in [0.4, 0.5) is 0 Å². The third-order valence-electron chi connectivity index (χ3n) is 3.07. The summed E-state index contributed by atoms with van der Waals surface area (Å²) in [5.41, 5.74) is 1.23. The van der Waals surface area contributed by atoms with Gasteiger partial charge in [-0.25, -0.2) is 0 Å². The Bertz CT molecular complexity index is 371. The number of rotatable bonds is 9. The minimum absolute atomic E-state index is 0.763. The summed E-state index contributed by atoms with van der Waals surface area (Å²) in [6.45, 7) is 2.01. The van der Waals surface area contributed by atoms with Gasteiger partial charge in [0.05, 0.1) is 14.2 Å². The number of hydrogen-bond acceptors (Lipinski definition) is 3. The molecule has 0 saturated heterocycles. The normalized spacial score (nSPS) is 10.8. The molecule has 0 spiro atoms. The molecule has 0 bridgehead atoms. The molecule has 0 amide bonds. The van der Waals surface area contributed by atoms with Crippen LogP contribution in [0, 0.1) is 0 Å². The number of hydrogen-bond donors (Lipinski definition) is 0. The first-order chi connectivity index (χ1) is 9.21. The third-order valence-corrected chi connectivity index (χ3v) is 3.34. The molecular formula is C15H24ClNO2. The summed E-state index contributed by atoms with van der Waals surface area (Å²) < 4.78 is 10.6. The summed E-state index contributed by atoms with van der Waals surface area (Å²) in [6, 6.07) is 6.07. The predicted octanol–water partition coefficient (Wildman–Crippen LogP) is 3.54. The molecule has 1 aromatic carbocycles. The van der Waals surface area contributed by atoms with Crippen LogP contribution in [-0.4, -0.2) is 38.6 Å². The van der Waals surface area contributed by atoms with E-state index < -0.39 is 0 Å². The lowest BCUT2D eigenvalue weighted by molar-refractivity contribution is 0.316. The average Bonchev–Trinajstić information content (AvgIpc) is 2.43. The van der Waals surface area contributed by atoms with Crippen molar-refractivity contribution < 1.29 is 9.47 Å². The van der Waals surface area contributed by atoms with Crippen LogP contribution in [0.1, 0.15) is 24.8 Å². The van der Waals surface area contributed by atoms with Gasteiger partial charge in [-0.1, -0.05) is 12.5 Å². The fourth-order valence-electron chi connectivity index (χ4n) is 2.02. The first kappa shape index (κ1) is 16.1. The first-order valence-electron chi connectivity index (χ1n) is 6.66. The van der Waals surface area contributed by atoms with Crippen molar-refractivity contribution in [1.82, 2.24) is 4.90 Å². The molecule has 3 nitrogen and oxygen atoms in total. The van der Waals surface area contributed by atoms with E-state index in [0.29, 0.717) is 0 Å². The lowest BCUT2D eigenvalue weighted by Crippen LogP contribution is -2.19. The molecule has 0 aliphatic rings. The van der Waals surface area contributed by atoms with Crippen LogP contribution in [0.2, 0.25) is 0 Å². The quantitative estimate of drug-likeness (QED) is 0.512. The van der Waals surface area contributed by atoms with Crippen molar-refractivity contribution in [3.8, 4) is 11.5 Å². The van der Waals surface area contributed by atoms with Gasteiger partial charge in [0.15, 0.2) is 11.5 Å². The van der Waals surface area contributed by atoms with Crippen molar-refractivity contribution in [2.45, 2.75) is 25.8 Å². The van der Waals surface area contributed by atoms with Gasteiger partial charge in [-0.2, -0.15) is 0 Å². The van der Waals surface area contributed by atoms with Gasteiger partial charge in [-0.3, -0.25) is 0 Å². The van der Waals surface area contributed by atoms with Gasteiger partial charge in [-0.05, 0) is 44.1 Å². The average molecular weight is 286 g/mol. The van der Waals surface area contributed by atoms with E-state index in [1.54, 1.807) is 14.2 Å². The summed E-state index contributed by atoms with van der Waals surface area (Å²) in [6.07, 6.45) is 3.49. The van der Waals surface area contributed by atoms with E-state index in [-0.39, 0.29) is 0 Å². The topological polar surface area (TPSA) is 21.7 Å². The van der Waals surface area contributed by atoms with Crippen LogP contribution < -0.4 is 9.47 Å². The molecule has 0 aromatic heterocycles. The number of benzene rings is 1. The Labute approximate surface area is 121 Å². The molecule has 1 aromatic rings. The Morgan fingerprint density at radius 1 is 1.05 bits per heavy atom. The van der Waals surface area contributed by atoms with E-state index >= 15 is 0 Å². The maximum absolute atomic E-state index is 5.67. The van der Waals surface area contributed by atoms with Crippen molar-refractivity contribution in [1.29, 1.82) is 0 Å². The highest BCUT2D eigenvalue weighted by Gasteiger charge is 2.06. The van der Waals surface area contributed by atoms with Crippen LogP contribution in [0.25, 0.3) is 0 Å². The molecule has 108 valence electrons. The molecule has 1 rings (SSSR count). The summed E-state index contributed by atoms with van der Waals surface area (Å²) >= 11 is 5.67. The second kappa shape index (κ2) is 9.05. The maximum atomic E-state index is 5.67. The molecule has 0 radical (unpaired) electrons. The summed E-state index contributed by atoms with van der Waals surface area (Å²) in [5.74, 6) is 2.32. The maximum Gasteiger partial charge on any atom is 0.161 e. The Morgan fingerprint density at radius 3 is 2.42 bits per heavy atom. The molecule has 0 saturated carbocycles. The largest absolute Gasteiger partial charge is 0.493 e. The minimum atomic E-state index is 0.763. The number of unbranched alkanes of at least 4 members (excludes halogenated alkanes) is 2. The minimum Gasteiger partial charge on any atom is -0.493 e. The summed E-state index contributed by atoms with van der Waals surface area (Å²) in [5, 5.41) is 0. The van der Waals surface area contributed by atoms with Gasteiger partial charge in [0.2, 0.25) is 0 Å². The van der Waals surface area contributed by atoms with E-state index in [4.69, 9.17) is 21.1 Å². The molecule has 0 fully saturated rings. The van der Waals surface area contributed by atoms with Gasteiger partial charge in [0.25, 0.3) is 0 Å². The Hall–Kier alpha value is -0.930. The number of halogens is 1. The SMILES string of the molecule is COc1ccc(CN(C)CCCCCCl)cc1OC. The molecule has 4 heteroatoms. The van der Waals surface area contributed by atoms with E-state index in [9.17, 15) is 0 Å². The smallest absolute Gasteiger partial charge is 0.161 e. The summed E-state index contributed by atoms with van der Waals surface area (Å²) in [4.78, 5) is 2.31. The van der Waals surface area contributed by atoms with Crippen molar-refractivity contribution in [3.05, 3.63) is 23.8 Å². The Morgan fingerprint density at radius 2 is 1.79 bits per heavy atom. The van der Waals surface area contributed by atoms with E-state index in [0.717, 1.165) is 36.9 Å². The number of methoxy groups -OCH3 is 2. The van der Waals surface area contributed by atoms with Crippen LogP contribution in [0.15, 0.2) is 18.2 Å². The molecule has 0 atom stereocenters. The van der Waals surface area contributed by atoms with Gasteiger partial charge in [0, 0.05) is 12.4 Å². The Balaban J connectivity index is 2.47. The van der Waals surface area contributed by atoms with Crippen molar-refractivity contribution in [3.63, 3.8) is 0 Å². The fraction of sp³-hybridized carbons (Fsp3) is 0.600. The highest BCUT2D eigenvalue weighted by molar-refractivity contribution is 6.17. The van der Waals surface area contributed by atoms with Gasteiger partial charge in [-0.15, -0.1) is 11.6 Å². The second-order valence-corrected chi connectivity index (χ2v) is 5.05. The standard InChI is InChI=1S/C15H24ClNO2/c1-17(10-6-4-5-9-16)12-13-7-8-14(18-2)15(11-13)19-3/h7-8,11H,4-6,9-10,12H2,1-3H3. The number of nitrogens with zero attached hydrogens (tertiary/aromatic N) is 1. The van der Waals surface area contributed by atoms with E-state index in [2.05, 4.69) is 18.0 Å².